The molecule has 0 aliphatic heterocycles. The van der Waals surface area contributed by atoms with Crippen molar-refractivity contribution >= 4 is 17.5 Å². The highest BCUT2D eigenvalue weighted by atomic mass is 19.3. The molecule has 10 heteroatoms. The zero-order chi connectivity index (χ0) is 24.2. The third kappa shape index (κ3) is 5.71. The molecule has 2 aromatic heterocycles. The molecule has 0 saturated heterocycles. The van der Waals surface area contributed by atoms with Crippen LogP contribution in [0.2, 0.25) is 0 Å². The summed E-state index contributed by atoms with van der Waals surface area (Å²) >= 11 is 0. The van der Waals surface area contributed by atoms with Crippen molar-refractivity contribution < 1.29 is 13.6 Å². The summed E-state index contributed by atoms with van der Waals surface area (Å²) in [5, 5.41) is 5.17. The summed E-state index contributed by atoms with van der Waals surface area (Å²) in [5.41, 5.74) is 7.68. The molecular formula is C23H26F2N6O2. The number of anilines is 2. The highest BCUT2D eigenvalue weighted by Gasteiger charge is 2.31. The lowest BCUT2D eigenvalue weighted by Crippen LogP contribution is -2.36. The second-order valence-corrected chi connectivity index (χ2v) is 7.78. The third-order valence-electron chi connectivity index (χ3n) is 5.25. The van der Waals surface area contributed by atoms with Gasteiger partial charge in [-0.3, -0.25) is 14.2 Å². The fourth-order valence-corrected chi connectivity index (χ4v) is 3.22. The van der Waals surface area contributed by atoms with Crippen molar-refractivity contribution in [1.82, 2.24) is 19.9 Å². The van der Waals surface area contributed by atoms with Crippen LogP contribution < -0.4 is 21.9 Å². The number of rotatable bonds is 8. The number of nitrogens with one attached hydrogen (secondary N) is 2. The molecule has 1 aromatic carbocycles. The quantitative estimate of drug-likeness (QED) is 0.480. The number of amides is 1. The summed E-state index contributed by atoms with van der Waals surface area (Å²) in [6.45, 7) is 4.35. The largest absolute Gasteiger partial charge is 0.383 e. The van der Waals surface area contributed by atoms with E-state index >= 15 is 0 Å². The van der Waals surface area contributed by atoms with Gasteiger partial charge in [0.25, 0.3) is 11.5 Å². The molecule has 0 radical (unpaired) electrons. The molecule has 3 rings (SSSR count). The molecule has 0 saturated carbocycles. The van der Waals surface area contributed by atoms with E-state index in [1.54, 1.807) is 19.9 Å². The number of alkyl halides is 2. The minimum atomic E-state index is -3.20. The van der Waals surface area contributed by atoms with Crippen LogP contribution >= 0.6 is 0 Å². The summed E-state index contributed by atoms with van der Waals surface area (Å²) < 4.78 is 30.1. The Morgan fingerprint density at radius 3 is 2.58 bits per heavy atom. The monoisotopic (exact) mass is 456 g/mol. The van der Waals surface area contributed by atoms with Crippen LogP contribution in [0.5, 0.6) is 0 Å². The van der Waals surface area contributed by atoms with Crippen LogP contribution in [0, 0.1) is 20.8 Å². The molecule has 0 unspecified atom stereocenters. The molecule has 3 aromatic rings. The van der Waals surface area contributed by atoms with Crippen molar-refractivity contribution in [2.75, 3.05) is 17.6 Å². The van der Waals surface area contributed by atoms with Crippen LogP contribution in [0.25, 0.3) is 0 Å². The number of carbonyl (C=O) groups excluding carboxylic acids is 1. The topological polar surface area (TPSA) is 115 Å². The van der Waals surface area contributed by atoms with Crippen molar-refractivity contribution in [3.63, 3.8) is 0 Å². The molecule has 0 atom stereocenters. The first-order chi connectivity index (χ1) is 15.6. The SMILES string of the molecule is Cc1cc(CNC(=O)Cn2c(C)cnc(NCC(F)(F)c3ccccc3)c2=O)c(C)nc1N. The first-order valence-electron chi connectivity index (χ1n) is 10.3. The van der Waals surface area contributed by atoms with Gasteiger partial charge in [-0.25, -0.2) is 9.97 Å². The van der Waals surface area contributed by atoms with Crippen LogP contribution in [0.4, 0.5) is 20.4 Å². The number of hydrogen-bond donors (Lipinski definition) is 3. The van der Waals surface area contributed by atoms with Gasteiger partial charge in [-0.15, -0.1) is 0 Å². The van der Waals surface area contributed by atoms with E-state index in [1.165, 1.54) is 35.0 Å². The van der Waals surface area contributed by atoms with E-state index in [2.05, 4.69) is 20.6 Å². The van der Waals surface area contributed by atoms with Gasteiger partial charge in [-0.1, -0.05) is 30.3 Å². The van der Waals surface area contributed by atoms with Gasteiger partial charge >= 0.3 is 0 Å². The molecule has 0 bridgehead atoms. The van der Waals surface area contributed by atoms with Crippen molar-refractivity contribution in [3.8, 4) is 0 Å². The first kappa shape index (κ1) is 23.8. The molecule has 1 amide bonds. The number of nitrogens with two attached hydrogens (primary N) is 1. The zero-order valence-corrected chi connectivity index (χ0v) is 18.7. The average Bonchev–Trinajstić information content (AvgIpc) is 2.78. The van der Waals surface area contributed by atoms with Crippen molar-refractivity contribution in [1.29, 1.82) is 0 Å². The molecule has 174 valence electrons. The standard InChI is InChI=1S/C23H26F2N6O2/c1-14-9-17(16(3)30-20(14)26)11-27-19(32)12-31-15(2)10-28-21(22(31)33)29-13-23(24,25)18-7-5-4-6-8-18/h4-10H,11-13H2,1-3H3,(H2,26,30)(H,27,32)(H,28,29). The van der Waals surface area contributed by atoms with Gasteiger partial charge in [0.1, 0.15) is 12.4 Å². The molecule has 0 fully saturated rings. The normalized spacial score (nSPS) is 11.3. The predicted octanol–water partition coefficient (Wildman–Crippen LogP) is 2.67. The highest BCUT2D eigenvalue weighted by molar-refractivity contribution is 5.76. The molecule has 2 heterocycles. The number of halogens is 2. The lowest BCUT2D eigenvalue weighted by molar-refractivity contribution is -0.121. The molecular weight excluding hydrogens is 430 g/mol. The lowest BCUT2D eigenvalue weighted by Gasteiger charge is -2.18. The van der Waals surface area contributed by atoms with Crippen LogP contribution in [0.15, 0.2) is 47.4 Å². The Labute approximate surface area is 189 Å². The average molecular weight is 456 g/mol. The summed E-state index contributed by atoms with van der Waals surface area (Å²) in [6.07, 6.45) is 1.36. The van der Waals surface area contributed by atoms with E-state index in [9.17, 15) is 18.4 Å². The Morgan fingerprint density at radius 1 is 1.18 bits per heavy atom. The van der Waals surface area contributed by atoms with Crippen LogP contribution in [0.3, 0.4) is 0 Å². The van der Waals surface area contributed by atoms with Crippen LogP contribution in [0.1, 0.15) is 28.1 Å². The lowest BCUT2D eigenvalue weighted by atomic mass is 10.1. The Hall–Kier alpha value is -3.82. The number of hydrogen-bond acceptors (Lipinski definition) is 6. The fourth-order valence-electron chi connectivity index (χ4n) is 3.22. The number of benzene rings is 1. The molecule has 8 nitrogen and oxygen atoms in total. The summed E-state index contributed by atoms with van der Waals surface area (Å²) in [4.78, 5) is 33.4. The second kappa shape index (κ2) is 9.76. The number of nitrogen functional groups attached to an aromatic ring is 1. The summed E-state index contributed by atoms with van der Waals surface area (Å²) in [7, 11) is 0. The van der Waals surface area contributed by atoms with Crippen LogP contribution in [-0.4, -0.2) is 27.0 Å². The Kier molecular flexibility index (Phi) is 7.05. The number of nitrogens with zero attached hydrogens (tertiary/aromatic N) is 3. The molecule has 0 aliphatic rings. The van der Waals surface area contributed by atoms with E-state index in [0.717, 1.165) is 11.1 Å². The van der Waals surface area contributed by atoms with Gasteiger partial charge in [0.2, 0.25) is 5.91 Å². The van der Waals surface area contributed by atoms with Gasteiger partial charge in [0.15, 0.2) is 5.82 Å². The van der Waals surface area contributed by atoms with Crippen LogP contribution in [-0.2, 0) is 23.8 Å². The predicted molar refractivity (Wildman–Crippen MR) is 122 cm³/mol. The maximum atomic E-state index is 14.4. The Morgan fingerprint density at radius 2 is 1.88 bits per heavy atom. The van der Waals surface area contributed by atoms with E-state index in [-0.39, 0.29) is 24.5 Å². The van der Waals surface area contributed by atoms with Crippen molar-refractivity contribution in [2.45, 2.75) is 39.8 Å². The van der Waals surface area contributed by atoms with E-state index in [0.29, 0.717) is 17.2 Å². The second-order valence-electron chi connectivity index (χ2n) is 7.78. The maximum Gasteiger partial charge on any atom is 0.293 e. The van der Waals surface area contributed by atoms with Crippen molar-refractivity contribution in [3.05, 3.63) is 81.0 Å². The molecule has 33 heavy (non-hydrogen) atoms. The minimum absolute atomic E-state index is 0.174. The van der Waals surface area contributed by atoms with E-state index in [1.807, 2.05) is 13.0 Å². The number of carbonyl (C=O) groups is 1. The van der Waals surface area contributed by atoms with Gasteiger partial charge < -0.3 is 16.4 Å². The van der Waals surface area contributed by atoms with E-state index < -0.39 is 23.9 Å². The number of aromatic nitrogens is 3. The van der Waals surface area contributed by atoms with Gasteiger partial charge in [-0.05, 0) is 38.0 Å². The molecule has 0 aliphatic carbocycles. The Bertz CT molecular complexity index is 1210. The highest BCUT2D eigenvalue weighted by Crippen LogP contribution is 2.27. The minimum Gasteiger partial charge on any atom is -0.383 e. The number of aryl methyl sites for hydroxylation is 3. The number of pyridine rings is 1. The van der Waals surface area contributed by atoms with Gasteiger partial charge in [0.05, 0.1) is 6.54 Å². The third-order valence-corrected chi connectivity index (χ3v) is 5.25. The summed E-state index contributed by atoms with van der Waals surface area (Å²) in [6, 6.07) is 9.14. The fraction of sp³-hybridized carbons (Fsp3) is 0.304. The first-order valence-corrected chi connectivity index (χ1v) is 10.3. The van der Waals surface area contributed by atoms with Gasteiger partial charge in [-0.2, -0.15) is 8.78 Å². The van der Waals surface area contributed by atoms with Gasteiger partial charge in [0, 0.05) is 29.7 Å². The molecule has 0 spiro atoms. The van der Waals surface area contributed by atoms with E-state index in [4.69, 9.17) is 5.73 Å². The maximum absolute atomic E-state index is 14.4. The smallest absolute Gasteiger partial charge is 0.293 e. The molecule has 4 N–H and O–H groups in total. The van der Waals surface area contributed by atoms with Crippen molar-refractivity contribution in [2.24, 2.45) is 0 Å². The summed E-state index contributed by atoms with van der Waals surface area (Å²) in [5.74, 6) is -3.44. The Balaban J connectivity index is 1.69. The zero-order valence-electron chi connectivity index (χ0n) is 18.7.